The first-order valence-electron chi connectivity index (χ1n) is 12.4. The van der Waals surface area contributed by atoms with Crippen LogP contribution in [0, 0.1) is 0 Å². The minimum Gasteiger partial charge on any atom is -0.389 e. The van der Waals surface area contributed by atoms with Gasteiger partial charge in [0, 0.05) is 17.8 Å². The van der Waals surface area contributed by atoms with Gasteiger partial charge in [0.25, 0.3) is 0 Å². The standard InChI is InChI=1S/C28H35N5O/c1-4-5-6-24-32-25-26(33(24)16-28(2,3)34)20-11-8-18(15-23(20)31-27(25)30)13-17-7-9-19-10-12-22(29)21(19)14-17/h7-9,11,14-15,22,34H,4-6,10,12-13,16,29H2,1-3H3,(H2,30,31). The molecule has 178 valence electrons. The summed E-state index contributed by atoms with van der Waals surface area (Å²) in [6.07, 6.45) is 5.89. The SMILES string of the molecule is CCCCc1nc2c(N)nc3cc(Cc4ccc5c(c4)C(N)CC5)ccc3c2n1CC(C)(C)O. The topological polar surface area (TPSA) is 103 Å². The summed E-state index contributed by atoms with van der Waals surface area (Å²) in [7, 11) is 0. The number of nitrogens with zero attached hydrogens (tertiary/aromatic N) is 3. The molecule has 2 aromatic heterocycles. The Morgan fingerprint density at radius 1 is 1.12 bits per heavy atom. The summed E-state index contributed by atoms with van der Waals surface area (Å²) in [5.74, 6) is 1.40. The van der Waals surface area contributed by atoms with Gasteiger partial charge in [0.15, 0.2) is 5.82 Å². The molecule has 0 fully saturated rings. The van der Waals surface area contributed by atoms with Crippen LogP contribution < -0.4 is 11.5 Å². The zero-order chi connectivity index (χ0) is 24.0. The van der Waals surface area contributed by atoms with Crippen LogP contribution in [0.4, 0.5) is 5.82 Å². The second-order valence-electron chi connectivity index (χ2n) is 10.4. The number of benzene rings is 2. The molecule has 34 heavy (non-hydrogen) atoms. The molecule has 1 aliphatic rings. The third-order valence-electron chi connectivity index (χ3n) is 6.89. The van der Waals surface area contributed by atoms with Crippen molar-refractivity contribution in [3.05, 3.63) is 64.5 Å². The molecule has 5 N–H and O–H groups in total. The van der Waals surface area contributed by atoms with E-state index < -0.39 is 5.60 Å². The number of imidazole rings is 1. The minimum atomic E-state index is -0.868. The molecule has 0 bridgehead atoms. The fourth-order valence-corrected chi connectivity index (χ4v) is 5.23. The molecule has 1 atom stereocenters. The van der Waals surface area contributed by atoms with Gasteiger partial charge >= 0.3 is 0 Å². The van der Waals surface area contributed by atoms with E-state index in [4.69, 9.17) is 21.4 Å². The number of aryl methyl sites for hydroxylation is 2. The highest BCUT2D eigenvalue weighted by atomic mass is 16.3. The zero-order valence-corrected chi connectivity index (χ0v) is 20.4. The van der Waals surface area contributed by atoms with E-state index in [9.17, 15) is 5.11 Å². The Balaban J connectivity index is 1.58. The summed E-state index contributed by atoms with van der Waals surface area (Å²) in [6, 6.07) is 13.3. The molecular formula is C28H35N5O. The summed E-state index contributed by atoms with van der Waals surface area (Å²) in [5, 5.41) is 11.6. The molecule has 0 aliphatic heterocycles. The number of rotatable bonds is 7. The van der Waals surface area contributed by atoms with Gasteiger partial charge in [-0.1, -0.05) is 43.7 Å². The van der Waals surface area contributed by atoms with Crippen LogP contribution in [0.3, 0.4) is 0 Å². The maximum Gasteiger partial charge on any atom is 0.152 e. The van der Waals surface area contributed by atoms with E-state index in [1.54, 1.807) is 0 Å². The largest absolute Gasteiger partial charge is 0.389 e. The van der Waals surface area contributed by atoms with Crippen LogP contribution in [0.1, 0.15) is 74.2 Å². The number of hydrogen-bond donors (Lipinski definition) is 3. The van der Waals surface area contributed by atoms with Crippen molar-refractivity contribution in [2.24, 2.45) is 5.73 Å². The monoisotopic (exact) mass is 457 g/mol. The first-order chi connectivity index (χ1) is 16.2. The lowest BCUT2D eigenvalue weighted by Gasteiger charge is -2.21. The number of pyridine rings is 1. The lowest BCUT2D eigenvalue weighted by Crippen LogP contribution is -2.27. The van der Waals surface area contributed by atoms with Crippen LogP contribution in [-0.2, 0) is 25.8 Å². The number of aliphatic hydroxyl groups is 1. The molecule has 1 aliphatic carbocycles. The second-order valence-corrected chi connectivity index (χ2v) is 10.4. The summed E-state index contributed by atoms with van der Waals surface area (Å²) in [5.41, 5.74) is 19.5. The van der Waals surface area contributed by atoms with Gasteiger partial charge in [-0.3, -0.25) is 0 Å². The summed E-state index contributed by atoms with van der Waals surface area (Å²) in [4.78, 5) is 9.59. The number of hydrogen-bond acceptors (Lipinski definition) is 5. The van der Waals surface area contributed by atoms with E-state index >= 15 is 0 Å². The number of unbranched alkanes of at least 4 members (excludes halogenated alkanes) is 1. The Morgan fingerprint density at radius 3 is 2.65 bits per heavy atom. The number of nitrogens with two attached hydrogens (primary N) is 2. The molecule has 0 saturated carbocycles. The normalized spacial score (nSPS) is 16.0. The molecule has 2 aromatic carbocycles. The minimum absolute atomic E-state index is 0.152. The van der Waals surface area contributed by atoms with Crippen molar-refractivity contribution in [3.63, 3.8) is 0 Å². The average molecular weight is 458 g/mol. The molecule has 0 amide bonds. The van der Waals surface area contributed by atoms with Gasteiger partial charge < -0.3 is 21.1 Å². The van der Waals surface area contributed by atoms with Gasteiger partial charge in [0.2, 0.25) is 0 Å². The van der Waals surface area contributed by atoms with E-state index in [0.717, 1.165) is 66.3 Å². The second kappa shape index (κ2) is 8.67. The quantitative estimate of drug-likeness (QED) is 0.369. The van der Waals surface area contributed by atoms with Gasteiger partial charge in [-0.15, -0.1) is 0 Å². The van der Waals surface area contributed by atoms with Crippen LogP contribution >= 0.6 is 0 Å². The zero-order valence-electron chi connectivity index (χ0n) is 20.4. The number of anilines is 1. The highest BCUT2D eigenvalue weighted by Gasteiger charge is 2.23. The maximum atomic E-state index is 10.6. The lowest BCUT2D eigenvalue weighted by molar-refractivity contribution is 0.0618. The van der Waals surface area contributed by atoms with Gasteiger partial charge in [-0.25, -0.2) is 9.97 Å². The van der Waals surface area contributed by atoms with Crippen LogP contribution in [0.15, 0.2) is 36.4 Å². The molecule has 2 heterocycles. The third kappa shape index (κ3) is 4.28. The molecular weight excluding hydrogens is 422 g/mol. The summed E-state index contributed by atoms with van der Waals surface area (Å²) >= 11 is 0. The first kappa shape index (κ1) is 22.8. The molecule has 6 nitrogen and oxygen atoms in total. The van der Waals surface area contributed by atoms with Crippen molar-refractivity contribution in [1.82, 2.24) is 14.5 Å². The fourth-order valence-electron chi connectivity index (χ4n) is 5.23. The van der Waals surface area contributed by atoms with Gasteiger partial charge in [-0.2, -0.15) is 0 Å². The Labute approximate surface area is 201 Å². The van der Waals surface area contributed by atoms with Gasteiger partial charge in [0.05, 0.1) is 23.2 Å². The fraction of sp³-hybridized carbons (Fsp3) is 0.429. The molecule has 0 saturated heterocycles. The Kier molecular flexibility index (Phi) is 5.82. The predicted molar refractivity (Wildman–Crippen MR) is 139 cm³/mol. The van der Waals surface area contributed by atoms with Gasteiger partial charge in [-0.05, 0) is 67.9 Å². The van der Waals surface area contributed by atoms with Crippen LogP contribution in [0.25, 0.3) is 21.9 Å². The lowest BCUT2D eigenvalue weighted by atomic mass is 9.98. The van der Waals surface area contributed by atoms with Crippen LogP contribution in [0.2, 0.25) is 0 Å². The van der Waals surface area contributed by atoms with E-state index in [0.29, 0.717) is 12.4 Å². The molecule has 5 rings (SSSR count). The van der Waals surface area contributed by atoms with E-state index in [-0.39, 0.29) is 6.04 Å². The van der Waals surface area contributed by atoms with Gasteiger partial charge in [0.1, 0.15) is 11.3 Å². The van der Waals surface area contributed by atoms with E-state index in [2.05, 4.69) is 47.9 Å². The molecule has 0 spiro atoms. The molecule has 1 unspecified atom stereocenters. The van der Waals surface area contributed by atoms with E-state index in [1.807, 2.05) is 13.8 Å². The van der Waals surface area contributed by atoms with Crippen molar-refractivity contribution in [1.29, 1.82) is 0 Å². The van der Waals surface area contributed by atoms with Crippen molar-refractivity contribution in [3.8, 4) is 0 Å². The number of aromatic nitrogens is 3. The maximum absolute atomic E-state index is 10.6. The first-order valence-corrected chi connectivity index (χ1v) is 12.4. The number of fused-ring (bicyclic) bond motifs is 4. The van der Waals surface area contributed by atoms with Crippen LogP contribution in [-0.4, -0.2) is 25.2 Å². The number of nitrogen functional groups attached to an aromatic ring is 1. The Hall–Kier alpha value is -2.96. The predicted octanol–water partition coefficient (Wildman–Crippen LogP) is 4.82. The molecule has 0 radical (unpaired) electrons. The van der Waals surface area contributed by atoms with Crippen molar-refractivity contribution < 1.29 is 5.11 Å². The summed E-state index contributed by atoms with van der Waals surface area (Å²) < 4.78 is 2.15. The third-order valence-corrected chi connectivity index (χ3v) is 6.89. The molecule has 4 aromatic rings. The Morgan fingerprint density at radius 2 is 1.88 bits per heavy atom. The highest BCUT2D eigenvalue weighted by Crippen LogP contribution is 2.33. The highest BCUT2D eigenvalue weighted by molar-refractivity contribution is 6.06. The van der Waals surface area contributed by atoms with Crippen molar-refractivity contribution in [2.75, 3.05) is 5.73 Å². The molecule has 6 heteroatoms. The van der Waals surface area contributed by atoms with E-state index in [1.165, 1.54) is 22.3 Å². The summed E-state index contributed by atoms with van der Waals surface area (Å²) in [6.45, 7) is 6.29. The Bertz CT molecular complexity index is 1370. The van der Waals surface area contributed by atoms with Crippen LogP contribution in [0.5, 0.6) is 0 Å². The van der Waals surface area contributed by atoms with Crippen molar-refractivity contribution >= 4 is 27.8 Å². The van der Waals surface area contributed by atoms with Crippen molar-refractivity contribution in [2.45, 2.75) is 77.5 Å². The average Bonchev–Trinajstić information content (AvgIpc) is 3.32. The smallest absolute Gasteiger partial charge is 0.152 e.